The predicted molar refractivity (Wildman–Crippen MR) is 177 cm³/mol. The minimum atomic E-state index is -0.619. The molecule has 3 N–H and O–H groups in total. The molecule has 0 heterocycles. The second kappa shape index (κ2) is 20.0. The summed E-state index contributed by atoms with van der Waals surface area (Å²) in [6.45, 7) is 10.4. The molecule has 0 fully saturated rings. The van der Waals surface area contributed by atoms with Crippen LogP contribution in [0.4, 0.5) is 0 Å². The summed E-state index contributed by atoms with van der Waals surface area (Å²) in [5, 5.41) is 25.1. The lowest BCUT2D eigenvalue weighted by Gasteiger charge is -2.30. The molecule has 2 atom stereocenters. The van der Waals surface area contributed by atoms with Gasteiger partial charge in [-0.2, -0.15) is 0 Å². The van der Waals surface area contributed by atoms with Gasteiger partial charge in [0.25, 0.3) is 0 Å². The van der Waals surface area contributed by atoms with Crippen molar-refractivity contribution in [1.82, 2.24) is 5.32 Å². The highest BCUT2D eigenvalue weighted by Crippen LogP contribution is 2.34. The third-order valence-corrected chi connectivity index (χ3v) is 8.69. The van der Waals surface area contributed by atoms with E-state index in [2.05, 4.69) is 64.2 Å². The number of unbranched alkanes of at least 4 members (excludes halogenated alkanes) is 12. The molecular weight excluding hydrogens is 522 g/mol. The van der Waals surface area contributed by atoms with Crippen LogP contribution in [0, 0.1) is 27.7 Å². The van der Waals surface area contributed by atoms with Crippen LogP contribution in [-0.4, -0.2) is 43.2 Å². The van der Waals surface area contributed by atoms with E-state index in [1.165, 1.54) is 70.6 Å². The molecule has 42 heavy (non-hydrogen) atoms. The summed E-state index contributed by atoms with van der Waals surface area (Å²) in [5.41, 5.74) is 6.43. The molecule has 0 saturated carbocycles. The van der Waals surface area contributed by atoms with E-state index in [0.29, 0.717) is 6.42 Å². The van der Waals surface area contributed by atoms with Gasteiger partial charge >= 0.3 is 0 Å². The SMILES string of the molecule is CCCCCCCCCCCCCCC[C@@H](O)[C@@H](CO)NC(c1cc(C)c(OC)c(C)c1)c1cc(C)c(OC)c(C)c1. The molecule has 2 aromatic rings. The standard InChI is InChI=1S/C37H61NO4/c1-8-9-10-11-12-13-14-15-16-17-18-19-20-21-34(40)33(26-39)38-35(31-22-27(2)36(41-6)28(3)23-31)32-24-29(4)37(42-7)30(5)25-32/h22-25,33-35,38-40H,8-21,26H2,1-7H3/t33-,34-/m1/s1. The zero-order valence-electron chi connectivity index (χ0n) is 27.9. The molecule has 0 aliphatic rings. The third kappa shape index (κ3) is 11.5. The van der Waals surface area contributed by atoms with Gasteiger partial charge in [0.15, 0.2) is 0 Å². The molecule has 238 valence electrons. The van der Waals surface area contributed by atoms with Crippen molar-refractivity contribution in [3.63, 3.8) is 0 Å². The number of rotatable bonds is 22. The Bertz CT molecular complexity index is 931. The maximum Gasteiger partial charge on any atom is 0.124 e. The number of methoxy groups -OCH3 is 2. The molecule has 0 radical (unpaired) electrons. The minimum Gasteiger partial charge on any atom is -0.496 e. The fourth-order valence-electron chi connectivity index (χ4n) is 6.40. The van der Waals surface area contributed by atoms with Crippen molar-refractivity contribution in [2.24, 2.45) is 0 Å². The van der Waals surface area contributed by atoms with Crippen molar-refractivity contribution in [3.05, 3.63) is 57.6 Å². The number of nitrogens with one attached hydrogen (secondary N) is 1. The van der Waals surface area contributed by atoms with Crippen LogP contribution in [0.1, 0.15) is 136 Å². The van der Waals surface area contributed by atoms with Crippen molar-refractivity contribution in [2.75, 3.05) is 20.8 Å². The molecule has 5 nitrogen and oxygen atoms in total. The van der Waals surface area contributed by atoms with E-state index >= 15 is 0 Å². The highest BCUT2D eigenvalue weighted by Gasteiger charge is 2.26. The molecule has 5 heteroatoms. The van der Waals surface area contributed by atoms with Gasteiger partial charge in [-0.3, -0.25) is 5.32 Å². The zero-order valence-corrected chi connectivity index (χ0v) is 27.9. The first-order chi connectivity index (χ1) is 20.3. The van der Waals surface area contributed by atoms with Crippen LogP contribution in [0.25, 0.3) is 0 Å². The topological polar surface area (TPSA) is 71.0 Å². The molecule has 0 bridgehead atoms. The monoisotopic (exact) mass is 583 g/mol. The lowest BCUT2D eigenvalue weighted by atomic mass is 9.91. The highest BCUT2D eigenvalue weighted by atomic mass is 16.5. The fourth-order valence-corrected chi connectivity index (χ4v) is 6.40. The summed E-state index contributed by atoms with van der Waals surface area (Å²) in [6.07, 6.45) is 17.0. The molecule has 2 rings (SSSR count). The van der Waals surface area contributed by atoms with E-state index in [9.17, 15) is 10.2 Å². The van der Waals surface area contributed by atoms with Gasteiger partial charge in [0.05, 0.1) is 39.0 Å². The van der Waals surface area contributed by atoms with Crippen molar-refractivity contribution < 1.29 is 19.7 Å². The summed E-state index contributed by atoms with van der Waals surface area (Å²) >= 11 is 0. The second-order valence-electron chi connectivity index (χ2n) is 12.4. The van der Waals surface area contributed by atoms with E-state index in [1.807, 2.05) is 0 Å². The summed E-state index contributed by atoms with van der Waals surface area (Å²) in [5.74, 6) is 1.78. The molecule has 0 amide bonds. The van der Waals surface area contributed by atoms with E-state index < -0.39 is 12.1 Å². The molecule has 2 aromatic carbocycles. The maximum atomic E-state index is 11.1. The number of hydrogen-bond donors (Lipinski definition) is 3. The average Bonchev–Trinajstić information content (AvgIpc) is 2.95. The number of benzene rings is 2. The first-order valence-corrected chi connectivity index (χ1v) is 16.6. The largest absolute Gasteiger partial charge is 0.496 e. The van der Waals surface area contributed by atoms with Crippen molar-refractivity contribution >= 4 is 0 Å². The van der Waals surface area contributed by atoms with Gasteiger partial charge in [0, 0.05) is 0 Å². The van der Waals surface area contributed by atoms with Crippen LogP contribution < -0.4 is 14.8 Å². The molecule has 0 aliphatic heterocycles. The van der Waals surface area contributed by atoms with Crippen LogP contribution >= 0.6 is 0 Å². The fraction of sp³-hybridized carbons (Fsp3) is 0.676. The maximum absolute atomic E-state index is 11.1. The third-order valence-electron chi connectivity index (χ3n) is 8.69. The van der Waals surface area contributed by atoms with Crippen LogP contribution in [0.3, 0.4) is 0 Å². The van der Waals surface area contributed by atoms with E-state index in [1.54, 1.807) is 14.2 Å². The molecule has 0 unspecified atom stereocenters. The van der Waals surface area contributed by atoms with Crippen LogP contribution in [0.2, 0.25) is 0 Å². The van der Waals surface area contributed by atoms with Gasteiger partial charge in [-0.25, -0.2) is 0 Å². The van der Waals surface area contributed by atoms with Crippen molar-refractivity contribution in [3.8, 4) is 11.5 Å². The second-order valence-corrected chi connectivity index (χ2v) is 12.4. The van der Waals surface area contributed by atoms with Crippen molar-refractivity contribution in [2.45, 2.75) is 143 Å². The number of aliphatic hydroxyl groups excluding tert-OH is 2. The van der Waals surface area contributed by atoms with E-state index in [4.69, 9.17) is 9.47 Å². The Morgan fingerprint density at radius 3 is 1.31 bits per heavy atom. The van der Waals surface area contributed by atoms with Gasteiger partial charge < -0.3 is 19.7 Å². The van der Waals surface area contributed by atoms with E-state index in [-0.39, 0.29) is 12.6 Å². The van der Waals surface area contributed by atoms with Crippen LogP contribution in [0.5, 0.6) is 11.5 Å². The predicted octanol–water partition coefficient (Wildman–Crippen LogP) is 8.82. The van der Waals surface area contributed by atoms with Crippen LogP contribution in [0.15, 0.2) is 24.3 Å². The van der Waals surface area contributed by atoms with Gasteiger partial charge in [0.1, 0.15) is 11.5 Å². The molecule has 0 aliphatic carbocycles. The first kappa shape index (κ1) is 36.1. The van der Waals surface area contributed by atoms with Crippen molar-refractivity contribution in [1.29, 1.82) is 0 Å². The summed E-state index contributed by atoms with van der Waals surface area (Å²) in [6, 6.07) is 7.95. The quantitative estimate of drug-likeness (QED) is 0.121. The lowest BCUT2D eigenvalue weighted by molar-refractivity contribution is 0.0772. The Hall–Kier alpha value is -2.08. The normalized spacial score (nSPS) is 13.0. The summed E-state index contributed by atoms with van der Waals surface area (Å²) in [4.78, 5) is 0. The lowest BCUT2D eigenvalue weighted by Crippen LogP contribution is -2.45. The summed E-state index contributed by atoms with van der Waals surface area (Å²) < 4.78 is 11.2. The van der Waals surface area contributed by atoms with E-state index in [0.717, 1.165) is 57.7 Å². The molecule has 0 aromatic heterocycles. The number of aliphatic hydroxyl groups is 2. The Balaban J connectivity index is 1.97. The first-order valence-electron chi connectivity index (χ1n) is 16.6. The minimum absolute atomic E-state index is 0.127. The smallest absolute Gasteiger partial charge is 0.124 e. The Kier molecular flexibility index (Phi) is 17.2. The molecule has 0 saturated heterocycles. The highest BCUT2D eigenvalue weighted by molar-refractivity contribution is 5.49. The van der Waals surface area contributed by atoms with Gasteiger partial charge in [-0.1, -0.05) is 115 Å². The average molecular weight is 584 g/mol. The van der Waals surface area contributed by atoms with Gasteiger partial charge in [-0.15, -0.1) is 0 Å². The number of hydrogen-bond acceptors (Lipinski definition) is 5. The number of aryl methyl sites for hydroxylation is 4. The summed E-state index contributed by atoms with van der Waals surface area (Å²) in [7, 11) is 3.41. The molecule has 0 spiro atoms. The zero-order chi connectivity index (χ0) is 30.9. The van der Waals surface area contributed by atoms with Crippen LogP contribution in [-0.2, 0) is 0 Å². The van der Waals surface area contributed by atoms with Gasteiger partial charge in [0.2, 0.25) is 0 Å². The number of ether oxygens (including phenoxy) is 2. The molecular formula is C37H61NO4. The Labute approximate surface area is 257 Å². The Morgan fingerprint density at radius 1 is 0.619 bits per heavy atom. The van der Waals surface area contributed by atoms with Gasteiger partial charge in [-0.05, 0) is 67.5 Å². The Morgan fingerprint density at radius 2 is 0.976 bits per heavy atom.